The van der Waals surface area contributed by atoms with Crippen molar-refractivity contribution in [2.75, 3.05) is 29.4 Å². The minimum absolute atomic E-state index is 0.106. The normalized spacial score (nSPS) is 18.2. The lowest BCUT2D eigenvalue weighted by molar-refractivity contribution is -0.137. The van der Waals surface area contributed by atoms with E-state index in [4.69, 9.17) is 5.14 Å². The van der Waals surface area contributed by atoms with Crippen molar-refractivity contribution in [1.29, 1.82) is 0 Å². The van der Waals surface area contributed by atoms with Gasteiger partial charge < -0.3 is 9.80 Å². The Bertz CT molecular complexity index is 1010. The molecule has 0 saturated carbocycles. The van der Waals surface area contributed by atoms with E-state index in [0.29, 0.717) is 31.1 Å². The Hall–Kier alpha value is -2.40. The Kier molecular flexibility index (Phi) is 5.96. The average molecular weight is 446 g/mol. The van der Waals surface area contributed by atoms with E-state index in [1.54, 1.807) is 0 Å². The van der Waals surface area contributed by atoms with Crippen LogP contribution in [-0.2, 0) is 16.2 Å². The molecule has 1 aliphatic heterocycles. The number of nitrogens with zero attached hydrogens (tertiary/aromatic N) is 3. The molecule has 1 aromatic heterocycles. The molecular formula is C19H22F4N4O2S. The number of anilines is 2. The van der Waals surface area contributed by atoms with Gasteiger partial charge in [0.25, 0.3) is 0 Å². The molecule has 30 heavy (non-hydrogen) atoms. The Morgan fingerprint density at radius 2 is 1.87 bits per heavy atom. The van der Waals surface area contributed by atoms with Crippen molar-refractivity contribution in [3.8, 4) is 0 Å². The summed E-state index contributed by atoms with van der Waals surface area (Å²) < 4.78 is 75.5. The molecule has 6 nitrogen and oxygen atoms in total. The van der Waals surface area contributed by atoms with Crippen molar-refractivity contribution < 1.29 is 26.0 Å². The molecule has 1 atom stereocenters. The third kappa shape index (κ3) is 4.67. The van der Waals surface area contributed by atoms with Crippen LogP contribution in [-0.4, -0.2) is 39.1 Å². The molecule has 0 bridgehead atoms. The summed E-state index contributed by atoms with van der Waals surface area (Å²) in [7, 11) is -4.21. The maximum absolute atomic E-state index is 13.9. The molecule has 1 fully saturated rings. The Balaban J connectivity index is 1.86. The number of primary sulfonamides is 1. The fraction of sp³-hybridized carbons (Fsp3) is 0.421. The molecule has 3 rings (SSSR count). The van der Waals surface area contributed by atoms with Crippen LogP contribution < -0.4 is 14.9 Å². The molecule has 2 aromatic rings. The number of rotatable bonds is 4. The predicted molar refractivity (Wildman–Crippen MR) is 105 cm³/mol. The van der Waals surface area contributed by atoms with E-state index in [9.17, 15) is 26.0 Å². The maximum atomic E-state index is 13.9. The number of hydrogen-bond donors (Lipinski definition) is 1. The first kappa shape index (κ1) is 22.3. The number of aromatic nitrogens is 1. The highest BCUT2D eigenvalue weighted by molar-refractivity contribution is 7.89. The van der Waals surface area contributed by atoms with Gasteiger partial charge in [0.2, 0.25) is 10.0 Å². The first-order chi connectivity index (χ1) is 13.9. The van der Waals surface area contributed by atoms with Gasteiger partial charge in [-0.15, -0.1) is 0 Å². The standard InChI is InChI=1S/C19H22F4N4O2S/c1-12(2)16-11-26(14-4-5-15(20)17(9-14)30(24,28)29)7-8-27(16)18-6-3-13(10-25-18)19(21,22)23/h3-6,9-10,12,16H,7-8,11H2,1-2H3,(H2,24,28,29). The number of piperazine rings is 1. The predicted octanol–water partition coefficient (Wildman–Crippen LogP) is 3.24. The average Bonchev–Trinajstić information content (AvgIpc) is 2.66. The van der Waals surface area contributed by atoms with E-state index in [1.165, 1.54) is 18.2 Å². The zero-order chi connectivity index (χ0) is 22.3. The van der Waals surface area contributed by atoms with Gasteiger partial charge in [-0.05, 0) is 36.2 Å². The number of alkyl halides is 3. The van der Waals surface area contributed by atoms with E-state index in [2.05, 4.69) is 4.98 Å². The topological polar surface area (TPSA) is 79.5 Å². The molecule has 2 heterocycles. The zero-order valence-corrected chi connectivity index (χ0v) is 17.2. The lowest BCUT2D eigenvalue weighted by Crippen LogP contribution is -2.56. The second-order valence-electron chi connectivity index (χ2n) is 7.51. The number of hydrogen-bond acceptors (Lipinski definition) is 5. The smallest absolute Gasteiger partial charge is 0.368 e. The number of pyridine rings is 1. The summed E-state index contributed by atoms with van der Waals surface area (Å²) in [5, 5.41) is 5.09. The van der Waals surface area contributed by atoms with Crippen molar-refractivity contribution in [2.24, 2.45) is 11.1 Å². The second-order valence-corrected chi connectivity index (χ2v) is 9.04. The quantitative estimate of drug-likeness (QED) is 0.730. The van der Waals surface area contributed by atoms with Crippen molar-refractivity contribution in [3.05, 3.63) is 47.9 Å². The lowest BCUT2D eigenvalue weighted by atomic mass is 9.99. The molecule has 164 valence electrons. The fourth-order valence-corrected chi connectivity index (χ4v) is 4.15. The van der Waals surface area contributed by atoms with Crippen molar-refractivity contribution in [2.45, 2.75) is 31.0 Å². The van der Waals surface area contributed by atoms with Gasteiger partial charge in [0.1, 0.15) is 16.5 Å². The number of sulfonamides is 1. The molecule has 0 amide bonds. The van der Waals surface area contributed by atoms with Crippen LogP contribution in [0.3, 0.4) is 0 Å². The van der Waals surface area contributed by atoms with Crippen LogP contribution in [0.5, 0.6) is 0 Å². The van der Waals surface area contributed by atoms with Crippen LogP contribution in [0.25, 0.3) is 0 Å². The molecule has 1 unspecified atom stereocenters. The Labute approximate surface area is 172 Å². The van der Waals surface area contributed by atoms with Crippen molar-refractivity contribution in [3.63, 3.8) is 0 Å². The van der Waals surface area contributed by atoms with Crippen LogP contribution in [0, 0.1) is 11.7 Å². The van der Waals surface area contributed by atoms with Crippen LogP contribution in [0.15, 0.2) is 41.4 Å². The summed E-state index contributed by atoms with van der Waals surface area (Å²) in [4.78, 5) is 7.26. The molecule has 1 saturated heterocycles. The molecule has 2 N–H and O–H groups in total. The summed E-state index contributed by atoms with van der Waals surface area (Å²) in [6, 6.07) is 5.99. The van der Waals surface area contributed by atoms with E-state index >= 15 is 0 Å². The zero-order valence-electron chi connectivity index (χ0n) is 16.4. The van der Waals surface area contributed by atoms with Gasteiger partial charge in [0, 0.05) is 31.5 Å². The molecule has 0 spiro atoms. The number of nitrogens with two attached hydrogens (primary N) is 1. The van der Waals surface area contributed by atoms with Crippen LogP contribution in [0.2, 0.25) is 0 Å². The maximum Gasteiger partial charge on any atom is 0.417 e. The van der Waals surface area contributed by atoms with Gasteiger partial charge in [-0.2, -0.15) is 13.2 Å². The highest BCUT2D eigenvalue weighted by Gasteiger charge is 2.33. The molecule has 1 aromatic carbocycles. The molecular weight excluding hydrogens is 424 g/mol. The van der Waals surface area contributed by atoms with Crippen LogP contribution in [0.1, 0.15) is 19.4 Å². The van der Waals surface area contributed by atoms with Gasteiger partial charge in [-0.25, -0.2) is 22.9 Å². The van der Waals surface area contributed by atoms with Crippen molar-refractivity contribution >= 4 is 21.5 Å². The molecule has 11 heteroatoms. The number of halogens is 4. The summed E-state index contributed by atoms with van der Waals surface area (Å²) in [6.07, 6.45) is -3.64. The van der Waals surface area contributed by atoms with Gasteiger partial charge in [0.15, 0.2) is 0 Å². The third-order valence-electron chi connectivity index (χ3n) is 5.14. The van der Waals surface area contributed by atoms with E-state index in [1.807, 2.05) is 23.6 Å². The summed E-state index contributed by atoms with van der Waals surface area (Å²) in [6.45, 7) is 5.30. The Morgan fingerprint density at radius 3 is 2.40 bits per heavy atom. The lowest BCUT2D eigenvalue weighted by Gasteiger charge is -2.45. The summed E-state index contributed by atoms with van der Waals surface area (Å²) in [5.41, 5.74) is -0.307. The highest BCUT2D eigenvalue weighted by atomic mass is 32.2. The third-order valence-corrected chi connectivity index (χ3v) is 6.07. The first-order valence-corrected chi connectivity index (χ1v) is 10.8. The SMILES string of the molecule is CC(C)C1CN(c2ccc(F)c(S(N)(=O)=O)c2)CCN1c1ccc(C(F)(F)F)cn1. The van der Waals surface area contributed by atoms with Gasteiger partial charge in [0.05, 0.1) is 11.6 Å². The summed E-state index contributed by atoms with van der Waals surface area (Å²) in [5.74, 6) is -0.366. The van der Waals surface area contributed by atoms with Crippen LogP contribution >= 0.6 is 0 Å². The van der Waals surface area contributed by atoms with Gasteiger partial charge in [-0.1, -0.05) is 13.8 Å². The second kappa shape index (κ2) is 8.03. The monoisotopic (exact) mass is 446 g/mol. The largest absolute Gasteiger partial charge is 0.417 e. The highest BCUT2D eigenvalue weighted by Crippen LogP contribution is 2.32. The van der Waals surface area contributed by atoms with E-state index < -0.39 is 32.5 Å². The molecule has 1 aliphatic rings. The molecule has 0 radical (unpaired) electrons. The van der Waals surface area contributed by atoms with Crippen LogP contribution in [0.4, 0.5) is 29.1 Å². The minimum Gasteiger partial charge on any atom is -0.368 e. The number of benzene rings is 1. The van der Waals surface area contributed by atoms with E-state index in [0.717, 1.165) is 18.3 Å². The first-order valence-electron chi connectivity index (χ1n) is 9.25. The summed E-state index contributed by atoms with van der Waals surface area (Å²) >= 11 is 0. The van der Waals surface area contributed by atoms with Gasteiger partial charge >= 0.3 is 6.18 Å². The van der Waals surface area contributed by atoms with E-state index in [-0.39, 0.29) is 12.0 Å². The van der Waals surface area contributed by atoms with Crippen molar-refractivity contribution in [1.82, 2.24) is 4.98 Å². The van der Waals surface area contributed by atoms with Gasteiger partial charge in [-0.3, -0.25) is 0 Å². The fourth-order valence-electron chi connectivity index (χ4n) is 3.53. The minimum atomic E-state index is -4.45. The Morgan fingerprint density at radius 1 is 1.17 bits per heavy atom. The molecule has 0 aliphatic carbocycles.